The van der Waals surface area contributed by atoms with Gasteiger partial charge in [-0.1, -0.05) is 12.1 Å². The Balaban J connectivity index is 1.47. The predicted molar refractivity (Wildman–Crippen MR) is 94.9 cm³/mol. The molecule has 2 fully saturated rings. The highest BCUT2D eigenvalue weighted by atomic mass is 32.2. The molecule has 0 saturated carbocycles. The van der Waals surface area contributed by atoms with Crippen molar-refractivity contribution in [2.24, 2.45) is 0 Å². The Hall–Kier alpha value is -1.93. The average Bonchev–Trinajstić information content (AvgIpc) is 3.13. The van der Waals surface area contributed by atoms with E-state index in [1.807, 2.05) is 35.9 Å². The lowest BCUT2D eigenvalue weighted by Crippen LogP contribution is -2.59. The van der Waals surface area contributed by atoms with E-state index in [1.54, 1.807) is 11.2 Å². The van der Waals surface area contributed by atoms with E-state index < -0.39 is 9.84 Å². The zero-order valence-electron chi connectivity index (χ0n) is 14.2. The third kappa shape index (κ3) is 3.04. The molecule has 4 rings (SSSR count). The number of carbonyl (C=O) groups excluding carboxylic acids is 1. The lowest BCUT2D eigenvalue weighted by molar-refractivity contribution is -0.136. The maximum Gasteiger partial charge on any atom is 0.224 e. The van der Waals surface area contributed by atoms with Crippen LogP contribution in [0.5, 0.6) is 0 Å². The highest BCUT2D eigenvalue weighted by Crippen LogP contribution is 2.26. The van der Waals surface area contributed by atoms with Crippen molar-refractivity contribution in [2.75, 3.05) is 31.6 Å². The van der Waals surface area contributed by atoms with Crippen LogP contribution in [0, 0.1) is 0 Å². The quantitative estimate of drug-likeness (QED) is 0.788. The molecule has 1 aromatic heterocycles. The zero-order valence-corrected chi connectivity index (χ0v) is 15.0. The Kier molecular flexibility index (Phi) is 4.04. The number of piperazine rings is 1. The fraction of sp³-hybridized carbons (Fsp3) is 0.529. The predicted octanol–water partition coefficient (Wildman–Crippen LogP) is 0.366. The van der Waals surface area contributed by atoms with E-state index in [0.717, 1.165) is 17.6 Å². The van der Waals surface area contributed by atoms with Gasteiger partial charge in [-0.3, -0.25) is 9.69 Å². The molecule has 2 saturated heterocycles. The van der Waals surface area contributed by atoms with E-state index in [-0.39, 0.29) is 29.5 Å². The smallest absolute Gasteiger partial charge is 0.224 e. The van der Waals surface area contributed by atoms with Crippen molar-refractivity contribution in [1.82, 2.24) is 19.4 Å². The number of aryl methyl sites for hydroxylation is 1. The maximum absolute atomic E-state index is 12.8. The van der Waals surface area contributed by atoms with Crippen molar-refractivity contribution < 1.29 is 13.2 Å². The number of carbonyl (C=O) groups is 1. The molecule has 8 heteroatoms. The van der Waals surface area contributed by atoms with Crippen LogP contribution in [-0.4, -0.2) is 77.4 Å². The summed E-state index contributed by atoms with van der Waals surface area (Å²) in [5, 5.41) is 0. The van der Waals surface area contributed by atoms with Gasteiger partial charge in [0.25, 0.3) is 0 Å². The molecule has 2 aliphatic rings. The van der Waals surface area contributed by atoms with Crippen LogP contribution in [0.3, 0.4) is 0 Å². The monoisotopic (exact) mass is 362 g/mol. The van der Waals surface area contributed by atoms with E-state index in [4.69, 9.17) is 0 Å². The standard InChI is InChI=1S/C17H22N4O3S/c1-19-8-9-21(16-11-25(23,24)10-15(16)19)17(22)6-7-20-12-18-13-4-2-3-5-14(13)20/h2-5,12,15-16H,6-11H2,1H3. The molecule has 25 heavy (non-hydrogen) atoms. The van der Waals surface area contributed by atoms with Crippen molar-refractivity contribution in [3.63, 3.8) is 0 Å². The number of aromatic nitrogens is 2. The molecular formula is C17H22N4O3S. The number of hydrogen-bond acceptors (Lipinski definition) is 5. The molecule has 7 nitrogen and oxygen atoms in total. The van der Waals surface area contributed by atoms with Gasteiger partial charge in [0.05, 0.1) is 34.9 Å². The highest BCUT2D eigenvalue weighted by Gasteiger charge is 2.46. The normalized spacial score (nSPS) is 26.0. The number of likely N-dealkylation sites (N-methyl/N-ethyl adjacent to an activating group) is 1. The summed E-state index contributed by atoms with van der Waals surface area (Å²) in [6.45, 7) is 1.86. The van der Waals surface area contributed by atoms with Crippen molar-refractivity contribution in [3.8, 4) is 0 Å². The van der Waals surface area contributed by atoms with Crippen molar-refractivity contribution >= 4 is 26.8 Å². The molecule has 2 atom stereocenters. The van der Waals surface area contributed by atoms with Gasteiger partial charge in [-0.2, -0.15) is 0 Å². The number of para-hydroxylation sites is 2. The molecule has 0 aliphatic carbocycles. The Morgan fingerprint density at radius 3 is 2.80 bits per heavy atom. The zero-order chi connectivity index (χ0) is 17.6. The van der Waals surface area contributed by atoms with Crippen LogP contribution in [0.1, 0.15) is 6.42 Å². The van der Waals surface area contributed by atoms with Crippen LogP contribution in [0.4, 0.5) is 0 Å². The summed E-state index contributed by atoms with van der Waals surface area (Å²) in [6.07, 6.45) is 2.11. The number of amides is 1. The third-order valence-corrected chi connectivity index (χ3v) is 7.07. The molecule has 0 spiro atoms. The van der Waals surface area contributed by atoms with Crippen LogP contribution in [-0.2, 0) is 21.2 Å². The van der Waals surface area contributed by atoms with Gasteiger partial charge in [-0.15, -0.1) is 0 Å². The van der Waals surface area contributed by atoms with E-state index >= 15 is 0 Å². The summed E-state index contributed by atoms with van der Waals surface area (Å²) in [7, 11) is -1.12. The van der Waals surface area contributed by atoms with Gasteiger partial charge in [0.15, 0.2) is 9.84 Å². The Bertz CT molecular complexity index is 908. The number of hydrogen-bond donors (Lipinski definition) is 0. The van der Waals surface area contributed by atoms with Gasteiger partial charge in [-0.05, 0) is 19.2 Å². The first-order valence-corrected chi connectivity index (χ1v) is 10.4. The molecule has 1 amide bonds. The van der Waals surface area contributed by atoms with E-state index in [2.05, 4.69) is 9.88 Å². The number of imidazole rings is 1. The maximum atomic E-state index is 12.8. The van der Waals surface area contributed by atoms with Gasteiger partial charge < -0.3 is 9.47 Å². The molecular weight excluding hydrogens is 340 g/mol. The topological polar surface area (TPSA) is 75.5 Å². The van der Waals surface area contributed by atoms with Crippen molar-refractivity contribution in [2.45, 2.75) is 25.0 Å². The molecule has 0 bridgehead atoms. The molecule has 0 N–H and O–H groups in total. The molecule has 2 aliphatic heterocycles. The van der Waals surface area contributed by atoms with Crippen LogP contribution < -0.4 is 0 Å². The highest BCUT2D eigenvalue weighted by molar-refractivity contribution is 7.91. The molecule has 134 valence electrons. The number of sulfone groups is 1. The van der Waals surface area contributed by atoms with Crippen LogP contribution in [0.25, 0.3) is 11.0 Å². The summed E-state index contributed by atoms with van der Waals surface area (Å²) in [5.41, 5.74) is 1.92. The first-order chi connectivity index (χ1) is 11.9. The molecule has 0 radical (unpaired) electrons. The first-order valence-electron chi connectivity index (χ1n) is 8.55. The summed E-state index contributed by atoms with van der Waals surface area (Å²) >= 11 is 0. The summed E-state index contributed by atoms with van der Waals surface area (Å²) in [5.74, 6) is 0.268. The largest absolute Gasteiger partial charge is 0.336 e. The minimum Gasteiger partial charge on any atom is -0.336 e. The SMILES string of the molecule is CN1CCN(C(=O)CCn2cnc3ccccc32)C2CS(=O)(=O)CC21. The fourth-order valence-corrected chi connectivity index (χ4v) is 6.04. The van der Waals surface area contributed by atoms with Crippen molar-refractivity contribution in [1.29, 1.82) is 0 Å². The van der Waals surface area contributed by atoms with Crippen LogP contribution >= 0.6 is 0 Å². The average molecular weight is 362 g/mol. The minimum absolute atomic E-state index is 0.0259. The summed E-state index contributed by atoms with van der Waals surface area (Å²) in [4.78, 5) is 21.0. The first kappa shape index (κ1) is 16.5. The lowest BCUT2D eigenvalue weighted by atomic mass is 10.1. The van der Waals surface area contributed by atoms with E-state index in [1.165, 1.54) is 0 Å². The van der Waals surface area contributed by atoms with Gasteiger partial charge >= 0.3 is 0 Å². The number of nitrogens with zero attached hydrogens (tertiary/aromatic N) is 4. The third-order valence-electron chi connectivity index (χ3n) is 5.37. The Morgan fingerprint density at radius 1 is 1.20 bits per heavy atom. The van der Waals surface area contributed by atoms with Gasteiger partial charge in [0.1, 0.15) is 0 Å². The molecule has 2 aromatic rings. The van der Waals surface area contributed by atoms with E-state index in [9.17, 15) is 13.2 Å². The number of fused-ring (bicyclic) bond motifs is 2. The second-order valence-corrected chi connectivity index (χ2v) is 9.11. The number of benzene rings is 1. The molecule has 1 aromatic carbocycles. The summed E-state index contributed by atoms with van der Waals surface area (Å²) in [6, 6.07) is 7.55. The van der Waals surface area contributed by atoms with Crippen LogP contribution in [0.15, 0.2) is 30.6 Å². The van der Waals surface area contributed by atoms with Gasteiger partial charge in [0, 0.05) is 32.1 Å². The molecule has 3 heterocycles. The van der Waals surface area contributed by atoms with Crippen LogP contribution in [0.2, 0.25) is 0 Å². The van der Waals surface area contributed by atoms with Crippen molar-refractivity contribution in [3.05, 3.63) is 30.6 Å². The Morgan fingerprint density at radius 2 is 1.96 bits per heavy atom. The lowest BCUT2D eigenvalue weighted by Gasteiger charge is -2.42. The Labute approximate surface area is 147 Å². The molecule has 2 unspecified atom stereocenters. The van der Waals surface area contributed by atoms with E-state index in [0.29, 0.717) is 19.5 Å². The minimum atomic E-state index is -3.07. The second kappa shape index (κ2) is 6.10. The van der Waals surface area contributed by atoms with Gasteiger partial charge in [-0.25, -0.2) is 13.4 Å². The second-order valence-electron chi connectivity index (χ2n) is 6.96. The number of rotatable bonds is 3. The summed E-state index contributed by atoms with van der Waals surface area (Å²) < 4.78 is 26.0. The fourth-order valence-electron chi connectivity index (χ4n) is 3.98. The van der Waals surface area contributed by atoms with Gasteiger partial charge in [0.2, 0.25) is 5.91 Å².